The Morgan fingerprint density at radius 3 is 2.43 bits per heavy atom. The van der Waals surface area contributed by atoms with Gasteiger partial charge in [0.25, 0.3) is 0 Å². The van der Waals surface area contributed by atoms with E-state index < -0.39 is 0 Å². The van der Waals surface area contributed by atoms with Crippen LogP contribution in [0.4, 0.5) is 5.69 Å². The van der Waals surface area contributed by atoms with E-state index in [-0.39, 0.29) is 11.8 Å². The van der Waals surface area contributed by atoms with Crippen molar-refractivity contribution in [1.29, 1.82) is 0 Å². The number of nitrogens with one attached hydrogen (secondary N) is 1. The maximum atomic E-state index is 13.5. The van der Waals surface area contributed by atoms with Crippen molar-refractivity contribution in [2.24, 2.45) is 0 Å². The number of H-pyrrole nitrogens is 1. The van der Waals surface area contributed by atoms with Gasteiger partial charge in [0, 0.05) is 49.7 Å². The van der Waals surface area contributed by atoms with Crippen LogP contribution >= 0.6 is 0 Å². The predicted octanol–water partition coefficient (Wildman–Crippen LogP) is 5.63. The number of aromatic amines is 1. The van der Waals surface area contributed by atoms with Gasteiger partial charge < -0.3 is 19.5 Å². The van der Waals surface area contributed by atoms with E-state index in [1.165, 1.54) is 16.5 Å². The molecule has 35 heavy (non-hydrogen) atoms. The van der Waals surface area contributed by atoms with Crippen LogP contribution in [0.5, 0.6) is 5.75 Å². The minimum atomic E-state index is 0.123. The van der Waals surface area contributed by atoms with Crippen LogP contribution in [0.15, 0.2) is 85.1 Å². The fraction of sp³-hybridized carbons (Fsp3) is 0.300. The average molecular weight is 468 g/mol. The number of fused-ring (bicyclic) bond motifs is 1. The first-order chi connectivity index (χ1) is 17.2. The number of rotatable bonds is 8. The third kappa shape index (κ3) is 5.19. The Bertz CT molecular complexity index is 1260. The number of nitrogens with zero attached hydrogens (tertiary/aromatic N) is 2. The summed E-state index contributed by atoms with van der Waals surface area (Å²) in [6, 6.07) is 27.0. The summed E-state index contributed by atoms with van der Waals surface area (Å²) < 4.78 is 5.83. The summed E-state index contributed by atoms with van der Waals surface area (Å²) in [6.07, 6.45) is 3.44. The minimum Gasteiger partial charge on any atom is -0.492 e. The summed E-state index contributed by atoms with van der Waals surface area (Å²) in [5.74, 6) is 1.27. The van der Waals surface area contributed by atoms with Crippen LogP contribution in [0, 0.1) is 0 Å². The molecule has 1 fully saturated rings. The van der Waals surface area contributed by atoms with Gasteiger partial charge in [0.15, 0.2) is 0 Å². The number of piperazine rings is 1. The van der Waals surface area contributed by atoms with Gasteiger partial charge in [0.2, 0.25) is 5.91 Å². The van der Waals surface area contributed by atoms with Gasteiger partial charge in [0.05, 0.1) is 12.3 Å². The molecular weight excluding hydrogens is 434 g/mol. The first-order valence-electron chi connectivity index (χ1n) is 12.6. The topological polar surface area (TPSA) is 48.6 Å². The normalized spacial score (nSPS) is 14.8. The Kier molecular flexibility index (Phi) is 7.03. The fourth-order valence-electron chi connectivity index (χ4n) is 5.16. The Labute approximate surface area is 207 Å². The summed E-state index contributed by atoms with van der Waals surface area (Å²) in [5.41, 5.74) is 4.71. The molecule has 1 aromatic heterocycles. The second-order valence-corrected chi connectivity index (χ2v) is 9.15. The molecule has 1 unspecified atom stereocenters. The summed E-state index contributed by atoms with van der Waals surface area (Å²) in [6.45, 7) is 5.73. The lowest BCUT2D eigenvalue weighted by Gasteiger charge is -2.37. The van der Waals surface area contributed by atoms with Crippen molar-refractivity contribution in [2.75, 3.05) is 37.7 Å². The van der Waals surface area contributed by atoms with E-state index in [0.29, 0.717) is 13.0 Å². The monoisotopic (exact) mass is 467 g/mol. The summed E-state index contributed by atoms with van der Waals surface area (Å²) in [4.78, 5) is 21.3. The summed E-state index contributed by atoms with van der Waals surface area (Å²) >= 11 is 0. The lowest BCUT2D eigenvalue weighted by molar-refractivity contribution is -0.131. The smallest absolute Gasteiger partial charge is 0.223 e. The van der Waals surface area contributed by atoms with Crippen LogP contribution < -0.4 is 9.64 Å². The molecule has 1 N–H and O–H groups in total. The molecule has 0 aliphatic carbocycles. The van der Waals surface area contributed by atoms with Crippen LogP contribution in [0.3, 0.4) is 0 Å². The molecule has 1 aliphatic rings. The summed E-state index contributed by atoms with van der Waals surface area (Å²) in [5, 5.41) is 1.21. The van der Waals surface area contributed by atoms with Gasteiger partial charge in [-0.15, -0.1) is 0 Å². The number of para-hydroxylation sites is 3. The van der Waals surface area contributed by atoms with Crippen molar-refractivity contribution in [1.82, 2.24) is 9.88 Å². The van der Waals surface area contributed by atoms with E-state index in [4.69, 9.17) is 4.74 Å². The number of carbonyl (C=O) groups is 1. The molecule has 1 aliphatic heterocycles. The molecule has 4 aromatic rings. The third-order valence-electron chi connectivity index (χ3n) is 6.95. The fourth-order valence-corrected chi connectivity index (χ4v) is 5.16. The molecule has 1 saturated heterocycles. The lowest BCUT2D eigenvalue weighted by atomic mass is 9.88. The van der Waals surface area contributed by atoms with E-state index in [0.717, 1.165) is 49.6 Å². The van der Waals surface area contributed by atoms with Gasteiger partial charge in [-0.25, -0.2) is 0 Å². The number of hydrogen-bond donors (Lipinski definition) is 1. The molecule has 5 rings (SSSR count). The molecule has 5 nitrogen and oxygen atoms in total. The molecular formula is C30H33N3O2. The van der Waals surface area contributed by atoms with Gasteiger partial charge in [-0.2, -0.15) is 0 Å². The highest BCUT2D eigenvalue weighted by molar-refractivity contribution is 5.85. The van der Waals surface area contributed by atoms with Crippen molar-refractivity contribution in [3.05, 3.63) is 96.2 Å². The van der Waals surface area contributed by atoms with Gasteiger partial charge in [0.1, 0.15) is 5.75 Å². The molecule has 3 aromatic carbocycles. The number of benzene rings is 3. The zero-order valence-electron chi connectivity index (χ0n) is 20.3. The van der Waals surface area contributed by atoms with Gasteiger partial charge in [-0.1, -0.05) is 60.7 Å². The lowest BCUT2D eigenvalue weighted by Crippen LogP contribution is -2.49. The van der Waals surface area contributed by atoms with Gasteiger partial charge >= 0.3 is 0 Å². The summed E-state index contributed by atoms with van der Waals surface area (Å²) in [7, 11) is 0. The zero-order valence-corrected chi connectivity index (χ0v) is 20.3. The highest BCUT2D eigenvalue weighted by atomic mass is 16.5. The number of aromatic nitrogens is 1. The zero-order chi connectivity index (χ0) is 24.0. The van der Waals surface area contributed by atoms with E-state index in [1.54, 1.807) is 0 Å². The second-order valence-electron chi connectivity index (χ2n) is 9.15. The highest BCUT2D eigenvalue weighted by Crippen LogP contribution is 2.32. The Morgan fingerprint density at radius 2 is 1.63 bits per heavy atom. The predicted molar refractivity (Wildman–Crippen MR) is 142 cm³/mol. The van der Waals surface area contributed by atoms with E-state index in [2.05, 4.69) is 64.6 Å². The van der Waals surface area contributed by atoms with Crippen LogP contribution in [0.1, 0.15) is 30.4 Å². The van der Waals surface area contributed by atoms with E-state index in [1.807, 2.05) is 42.2 Å². The first-order valence-corrected chi connectivity index (χ1v) is 12.6. The quantitative estimate of drug-likeness (QED) is 0.365. The molecule has 0 saturated carbocycles. The Morgan fingerprint density at radius 1 is 0.914 bits per heavy atom. The third-order valence-corrected chi connectivity index (χ3v) is 6.95. The van der Waals surface area contributed by atoms with E-state index in [9.17, 15) is 4.79 Å². The second kappa shape index (κ2) is 10.7. The van der Waals surface area contributed by atoms with Gasteiger partial charge in [-0.3, -0.25) is 4.79 Å². The number of ether oxygens (including phenoxy) is 1. The number of anilines is 1. The van der Waals surface area contributed by atoms with Crippen molar-refractivity contribution >= 4 is 22.5 Å². The number of amides is 1. The SMILES string of the molecule is CCOc1ccccc1N1CCN(C(=O)CC(Cc2ccccc2)c2c[nH]c3ccccc23)CC1. The molecule has 2 heterocycles. The molecule has 5 heteroatoms. The molecule has 1 amide bonds. The minimum absolute atomic E-state index is 0.123. The van der Waals surface area contributed by atoms with E-state index >= 15 is 0 Å². The highest BCUT2D eigenvalue weighted by Gasteiger charge is 2.26. The Hall–Kier alpha value is -3.73. The van der Waals surface area contributed by atoms with Crippen molar-refractivity contribution < 1.29 is 9.53 Å². The van der Waals surface area contributed by atoms with Crippen LogP contribution in [0.2, 0.25) is 0 Å². The van der Waals surface area contributed by atoms with Crippen molar-refractivity contribution in [3.63, 3.8) is 0 Å². The van der Waals surface area contributed by atoms with Crippen LogP contribution in [-0.4, -0.2) is 48.6 Å². The maximum Gasteiger partial charge on any atom is 0.223 e. The molecule has 180 valence electrons. The molecule has 0 radical (unpaired) electrons. The standard InChI is InChI=1S/C30H33N3O2/c1-2-35-29-15-9-8-14-28(29)32-16-18-33(19-17-32)30(34)21-24(20-23-10-4-3-5-11-23)26-22-31-27-13-7-6-12-25(26)27/h3-15,22,24,31H,2,16-21H2,1H3. The maximum absolute atomic E-state index is 13.5. The molecule has 0 spiro atoms. The Balaban J connectivity index is 1.30. The van der Waals surface area contributed by atoms with Crippen molar-refractivity contribution in [3.8, 4) is 5.75 Å². The van der Waals surface area contributed by atoms with Gasteiger partial charge in [-0.05, 0) is 48.6 Å². The largest absolute Gasteiger partial charge is 0.492 e. The first kappa shape index (κ1) is 23.0. The van der Waals surface area contributed by atoms with Crippen LogP contribution in [0.25, 0.3) is 10.9 Å². The molecule has 0 bridgehead atoms. The van der Waals surface area contributed by atoms with Crippen LogP contribution in [-0.2, 0) is 11.2 Å². The average Bonchev–Trinajstić information content (AvgIpc) is 3.34. The number of hydrogen-bond acceptors (Lipinski definition) is 3. The number of carbonyl (C=O) groups excluding carboxylic acids is 1. The molecule has 1 atom stereocenters. The van der Waals surface area contributed by atoms with Crippen molar-refractivity contribution in [2.45, 2.75) is 25.7 Å².